The van der Waals surface area contributed by atoms with Gasteiger partial charge in [-0.2, -0.15) is 0 Å². The third-order valence-corrected chi connectivity index (χ3v) is 3.76. The van der Waals surface area contributed by atoms with Gasteiger partial charge in [0.25, 0.3) is 0 Å². The smallest absolute Gasteiger partial charge is 0.167 e. The monoisotopic (exact) mass is 285 g/mol. The molecule has 0 atom stereocenters. The highest BCUT2D eigenvalue weighted by molar-refractivity contribution is 7.15. The first-order valence-corrected chi connectivity index (χ1v) is 6.87. The summed E-state index contributed by atoms with van der Waals surface area (Å²) in [4.78, 5) is 1.54. The fourth-order valence-corrected chi connectivity index (χ4v) is 2.73. The van der Waals surface area contributed by atoms with Crippen molar-refractivity contribution in [1.82, 2.24) is 5.32 Å². The molecule has 5 heteroatoms. The van der Waals surface area contributed by atoms with Crippen LogP contribution in [-0.4, -0.2) is 6.54 Å². The molecule has 0 spiro atoms. The summed E-state index contributed by atoms with van der Waals surface area (Å²) in [6.45, 7) is 3.64. The summed E-state index contributed by atoms with van der Waals surface area (Å²) in [5, 5.41) is 3.22. The van der Waals surface area contributed by atoms with Crippen LogP contribution in [-0.2, 0) is 6.54 Å². The SMILES string of the molecule is CCCNCc1ccc(-c2cc(F)cc(F)c2F)s1. The van der Waals surface area contributed by atoms with E-state index < -0.39 is 17.5 Å². The van der Waals surface area contributed by atoms with Gasteiger partial charge in [-0.15, -0.1) is 11.3 Å². The summed E-state index contributed by atoms with van der Waals surface area (Å²) in [5.74, 6) is -2.93. The lowest BCUT2D eigenvalue weighted by Crippen LogP contribution is -2.12. The molecule has 1 heterocycles. The van der Waals surface area contributed by atoms with Crippen LogP contribution < -0.4 is 5.32 Å². The second-order valence-corrected chi connectivity index (χ2v) is 5.36. The van der Waals surface area contributed by atoms with Crippen molar-refractivity contribution in [2.75, 3.05) is 6.54 Å². The van der Waals surface area contributed by atoms with Gasteiger partial charge in [0.2, 0.25) is 0 Å². The third kappa shape index (κ3) is 3.36. The summed E-state index contributed by atoms with van der Waals surface area (Å²) in [5.41, 5.74) is -0.0239. The zero-order valence-electron chi connectivity index (χ0n) is 10.5. The van der Waals surface area contributed by atoms with Crippen LogP contribution in [0, 0.1) is 17.5 Å². The minimum atomic E-state index is -1.16. The maximum Gasteiger partial charge on any atom is 0.167 e. The van der Waals surface area contributed by atoms with Crippen LogP contribution in [0.4, 0.5) is 13.2 Å². The van der Waals surface area contributed by atoms with E-state index in [-0.39, 0.29) is 5.56 Å². The van der Waals surface area contributed by atoms with E-state index in [0.29, 0.717) is 17.5 Å². The van der Waals surface area contributed by atoms with Gasteiger partial charge in [-0.1, -0.05) is 6.92 Å². The van der Waals surface area contributed by atoms with Gasteiger partial charge >= 0.3 is 0 Å². The van der Waals surface area contributed by atoms with Crippen molar-refractivity contribution in [2.24, 2.45) is 0 Å². The van der Waals surface area contributed by atoms with Crippen LogP contribution in [0.2, 0.25) is 0 Å². The zero-order chi connectivity index (χ0) is 13.8. The van der Waals surface area contributed by atoms with E-state index in [2.05, 4.69) is 12.2 Å². The Kier molecular flexibility index (Phi) is 4.61. The Bertz CT molecular complexity index is 566. The standard InChI is InChI=1S/C14H14F3NS/c1-2-5-18-8-10-3-4-13(19-10)11-6-9(15)7-12(16)14(11)17/h3-4,6-7,18H,2,5,8H2,1H3. The number of benzene rings is 1. The van der Waals surface area contributed by atoms with Gasteiger partial charge in [-0.05, 0) is 31.2 Å². The van der Waals surface area contributed by atoms with Crippen LogP contribution in [0.3, 0.4) is 0 Å². The Labute approximate surface area is 114 Å². The van der Waals surface area contributed by atoms with Gasteiger partial charge in [0, 0.05) is 27.9 Å². The van der Waals surface area contributed by atoms with Crippen LogP contribution >= 0.6 is 11.3 Å². The first-order valence-electron chi connectivity index (χ1n) is 6.06. The molecule has 0 saturated carbocycles. The predicted octanol–water partition coefficient (Wildman–Crippen LogP) is 4.33. The van der Waals surface area contributed by atoms with E-state index in [9.17, 15) is 13.2 Å². The lowest BCUT2D eigenvalue weighted by molar-refractivity contribution is 0.498. The van der Waals surface area contributed by atoms with Crippen LogP contribution in [0.1, 0.15) is 18.2 Å². The Hall–Kier alpha value is -1.33. The molecule has 0 aliphatic rings. The second kappa shape index (κ2) is 6.21. The van der Waals surface area contributed by atoms with Gasteiger partial charge < -0.3 is 5.32 Å². The molecule has 1 aromatic heterocycles. The van der Waals surface area contributed by atoms with Crippen LogP contribution in [0.5, 0.6) is 0 Å². The van der Waals surface area contributed by atoms with Gasteiger partial charge in [0.05, 0.1) is 0 Å². The van der Waals surface area contributed by atoms with E-state index in [0.717, 1.165) is 23.9 Å². The topological polar surface area (TPSA) is 12.0 Å². The van der Waals surface area contributed by atoms with E-state index >= 15 is 0 Å². The molecule has 2 aromatic rings. The number of hydrogen-bond donors (Lipinski definition) is 1. The third-order valence-electron chi connectivity index (χ3n) is 2.65. The van der Waals surface area contributed by atoms with Gasteiger partial charge in [-0.25, -0.2) is 13.2 Å². The Morgan fingerprint density at radius 1 is 1.16 bits per heavy atom. The van der Waals surface area contributed by atoms with E-state index in [1.807, 2.05) is 6.07 Å². The molecule has 0 unspecified atom stereocenters. The molecule has 2 rings (SSSR count). The molecule has 1 nitrogen and oxygen atoms in total. The second-order valence-electron chi connectivity index (χ2n) is 4.19. The summed E-state index contributed by atoms with van der Waals surface area (Å²) in [6.07, 6.45) is 1.03. The van der Waals surface area contributed by atoms with Crippen molar-refractivity contribution < 1.29 is 13.2 Å². The van der Waals surface area contributed by atoms with Gasteiger partial charge in [-0.3, -0.25) is 0 Å². The first kappa shape index (κ1) is 14.1. The highest BCUT2D eigenvalue weighted by atomic mass is 32.1. The number of nitrogens with one attached hydrogen (secondary N) is 1. The minimum Gasteiger partial charge on any atom is -0.312 e. The highest BCUT2D eigenvalue weighted by Gasteiger charge is 2.14. The lowest BCUT2D eigenvalue weighted by Gasteiger charge is -2.02. The van der Waals surface area contributed by atoms with Crippen molar-refractivity contribution in [2.45, 2.75) is 19.9 Å². The summed E-state index contributed by atoms with van der Waals surface area (Å²) < 4.78 is 39.9. The summed E-state index contributed by atoms with van der Waals surface area (Å²) in [7, 11) is 0. The molecular formula is C14H14F3NS. The molecule has 1 aromatic carbocycles. The van der Waals surface area contributed by atoms with Crippen molar-refractivity contribution >= 4 is 11.3 Å². The molecule has 102 valence electrons. The van der Waals surface area contributed by atoms with Crippen LogP contribution in [0.25, 0.3) is 10.4 Å². The van der Waals surface area contributed by atoms with E-state index in [4.69, 9.17) is 0 Å². The minimum absolute atomic E-state index is 0.0239. The molecule has 1 N–H and O–H groups in total. The molecule has 19 heavy (non-hydrogen) atoms. The van der Waals surface area contributed by atoms with Crippen LogP contribution in [0.15, 0.2) is 24.3 Å². The van der Waals surface area contributed by atoms with E-state index in [1.54, 1.807) is 6.07 Å². The normalized spacial score (nSPS) is 10.9. The number of thiophene rings is 1. The van der Waals surface area contributed by atoms with Crippen molar-refractivity contribution in [3.8, 4) is 10.4 Å². The lowest BCUT2D eigenvalue weighted by atomic mass is 10.1. The fraction of sp³-hybridized carbons (Fsp3) is 0.286. The molecular weight excluding hydrogens is 271 g/mol. The maximum absolute atomic E-state index is 13.6. The van der Waals surface area contributed by atoms with Gasteiger partial charge in [0.15, 0.2) is 11.6 Å². The van der Waals surface area contributed by atoms with Crippen molar-refractivity contribution in [3.63, 3.8) is 0 Å². The molecule has 0 saturated heterocycles. The van der Waals surface area contributed by atoms with Crippen molar-refractivity contribution in [1.29, 1.82) is 0 Å². The van der Waals surface area contributed by atoms with E-state index in [1.165, 1.54) is 11.3 Å². The fourth-order valence-electron chi connectivity index (χ4n) is 1.74. The molecule has 0 amide bonds. The molecule has 0 fully saturated rings. The van der Waals surface area contributed by atoms with Gasteiger partial charge in [0.1, 0.15) is 5.82 Å². The molecule has 0 bridgehead atoms. The Morgan fingerprint density at radius 2 is 1.95 bits per heavy atom. The summed E-state index contributed by atoms with van der Waals surface area (Å²) >= 11 is 1.33. The quantitative estimate of drug-likeness (QED) is 0.637. The zero-order valence-corrected chi connectivity index (χ0v) is 11.3. The average Bonchev–Trinajstić information content (AvgIpc) is 2.83. The largest absolute Gasteiger partial charge is 0.312 e. The number of halogens is 3. The average molecular weight is 285 g/mol. The summed E-state index contributed by atoms with van der Waals surface area (Å²) in [6, 6.07) is 5.10. The number of hydrogen-bond acceptors (Lipinski definition) is 2. The molecule has 0 aliphatic heterocycles. The molecule has 0 aliphatic carbocycles. The predicted molar refractivity (Wildman–Crippen MR) is 71.6 cm³/mol. The first-order chi connectivity index (χ1) is 9.11. The highest BCUT2D eigenvalue weighted by Crippen LogP contribution is 2.31. The Balaban J connectivity index is 2.23. The maximum atomic E-state index is 13.6. The Morgan fingerprint density at radius 3 is 2.68 bits per heavy atom. The van der Waals surface area contributed by atoms with Crippen molar-refractivity contribution in [3.05, 3.63) is 46.6 Å². The molecule has 0 radical (unpaired) electrons. The number of rotatable bonds is 5.